The summed E-state index contributed by atoms with van der Waals surface area (Å²) in [6, 6.07) is 13.9. The summed E-state index contributed by atoms with van der Waals surface area (Å²) in [7, 11) is -2.69. The number of hydrogen-bond donors (Lipinski definition) is 2. The van der Waals surface area contributed by atoms with E-state index in [2.05, 4.69) is 18.1 Å². The standard InChI is InChI=1S/C20H23N3O5S2/c1-14-8-10-17(11-9-14)30(26,27)22(2)21-19(24)18-12-16(29)13-23(18)20(25)28-15-6-4-3-5-7-15/h3-11,16,18,29H,12-13H2,1-2H3,(H,21,24)/t16-,18+/m1/s1. The molecule has 10 heteroatoms. The fourth-order valence-corrected chi connectivity index (χ4v) is 4.45. The molecule has 0 saturated carbocycles. The second-order valence-electron chi connectivity index (χ2n) is 7.00. The van der Waals surface area contributed by atoms with Gasteiger partial charge in [-0.3, -0.25) is 15.1 Å². The van der Waals surface area contributed by atoms with Crippen molar-refractivity contribution in [3.63, 3.8) is 0 Å². The molecule has 2 aromatic carbocycles. The monoisotopic (exact) mass is 449 g/mol. The SMILES string of the molecule is Cc1ccc(S(=O)(=O)N(C)NC(=O)[C@@H]2C[C@@H](S)CN2C(=O)Oc2ccccc2)cc1. The molecule has 1 N–H and O–H groups in total. The summed E-state index contributed by atoms with van der Waals surface area (Å²) in [6.45, 7) is 2.06. The van der Waals surface area contributed by atoms with Crippen LogP contribution in [0.3, 0.4) is 0 Å². The maximum atomic E-state index is 12.8. The van der Waals surface area contributed by atoms with Crippen molar-refractivity contribution in [1.82, 2.24) is 14.7 Å². The summed E-state index contributed by atoms with van der Waals surface area (Å²) < 4.78 is 31.5. The van der Waals surface area contributed by atoms with E-state index in [1.807, 2.05) is 6.92 Å². The Bertz CT molecular complexity index is 1010. The maximum absolute atomic E-state index is 12.8. The number of thiol groups is 1. The van der Waals surface area contributed by atoms with Crippen LogP contribution in [0.15, 0.2) is 59.5 Å². The molecule has 160 valence electrons. The van der Waals surface area contributed by atoms with Crippen molar-refractivity contribution in [1.29, 1.82) is 0 Å². The quantitative estimate of drug-likeness (QED) is 0.539. The number of hydrazine groups is 1. The number of para-hydroxylation sites is 1. The molecular formula is C20H23N3O5S2. The van der Waals surface area contributed by atoms with Crippen LogP contribution in [0, 0.1) is 6.92 Å². The first-order valence-electron chi connectivity index (χ1n) is 9.26. The molecule has 0 radical (unpaired) electrons. The van der Waals surface area contributed by atoms with Crippen molar-refractivity contribution < 1.29 is 22.7 Å². The lowest BCUT2D eigenvalue weighted by atomic mass is 10.2. The van der Waals surface area contributed by atoms with Crippen molar-refractivity contribution >= 4 is 34.7 Å². The minimum Gasteiger partial charge on any atom is -0.410 e. The number of benzene rings is 2. The third-order valence-corrected chi connectivity index (χ3v) is 6.77. The van der Waals surface area contributed by atoms with Gasteiger partial charge in [-0.05, 0) is 37.6 Å². The summed E-state index contributed by atoms with van der Waals surface area (Å²) >= 11 is 4.38. The first-order chi connectivity index (χ1) is 14.2. The maximum Gasteiger partial charge on any atom is 0.415 e. The molecule has 0 unspecified atom stereocenters. The highest BCUT2D eigenvalue weighted by Crippen LogP contribution is 2.24. The molecular weight excluding hydrogens is 426 g/mol. The van der Waals surface area contributed by atoms with E-state index >= 15 is 0 Å². The van der Waals surface area contributed by atoms with Gasteiger partial charge in [0, 0.05) is 18.8 Å². The van der Waals surface area contributed by atoms with Crippen molar-refractivity contribution in [3.8, 4) is 5.75 Å². The number of ether oxygens (including phenoxy) is 1. The van der Waals surface area contributed by atoms with Gasteiger partial charge >= 0.3 is 6.09 Å². The van der Waals surface area contributed by atoms with Gasteiger partial charge in [0.25, 0.3) is 15.9 Å². The fourth-order valence-electron chi connectivity index (χ4n) is 3.07. The van der Waals surface area contributed by atoms with E-state index in [1.165, 1.54) is 24.1 Å². The summed E-state index contributed by atoms with van der Waals surface area (Å²) in [6.07, 6.45) is -0.418. The van der Waals surface area contributed by atoms with Crippen LogP contribution < -0.4 is 10.2 Å². The van der Waals surface area contributed by atoms with Gasteiger partial charge in [0.15, 0.2) is 0 Å². The first kappa shape index (κ1) is 22.1. The van der Waals surface area contributed by atoms with Gasteiger partial charge in [0.05, 0.1) is 4.90 Å². The summed E-state index contributed by atoms with van der Waals surface area (Å²) in [5.74, 6) is -0.280. The number of nitrogens with one attached hydrogen (secondary N) is 1. The van der Waals surface area contributed by atoms with E-state index in [-0.39, 0.29) is 23.1 Å². The molecule has 0 bridgehead atoms. The normalized spacial score (nSPS) is 19.0. The van der Waals surface area contributed by atoms with Crippen molar-refractivity contribution in [2.24, 2.45) is 0 Å². The third-order valence-electron chi connectivity index (χ3n) is 4.71. The summed E-state index contributed by atoms with van der Waals surface area (Å²) in [5, 5.41) is -0.233. The highest BCUT2D eigenvalue weighted by Gasteiger charge is 2.40. The van der Waals surface area contributed by atoms with E-state index in [4.69, 9.17) is 4.74 Å². The Labute approximate surface area is 181 Å². The molecule has 0 aromatic heterocycles. The fraction of sp³-hybridized carbons (Fsp3) is 0.300. The smallest absolute Gasteiger partial charge is 0.410 e. The van der Waals surface area contributed by atoms with Gasteiger partial charge in [-0.15, -0.1) is 4.41 Å². The predicted molar refractivity (Wildman–Crippen MR) is 115 cm³/mol. The van der Waals surface area contributed by atoms with E-state index in [0.29, 0.717) is 5.75 Å². The second-order valence-corrected chi connectivity index (χ2v) is 9.70. The lowest BCUT2D eigenvalue weighted by Gasteiger charge is -2.25. The number of carbonyl (C=O) groups excluding carboxylic acids is 2. The minimum absolute atomic E-state index is 0.0507. The van der Waals surface area contributed by atoms with Crippen LogP contribution in [0.25, 0.3) is 0 Å². The molecule has 1 fully saturated rings. The second kappa shape index (κ2) is 9.07. The molecule has 2 atom stereocenters. The van der Waals surface area contributed by atoms with E-state index < -0.39 is 28.1 Å². The van der Waals surface area contributed by atoms with E-state index in [9.17, 15) is 18.0 Å². The van der Waals surface area contributed by atoms with Gasteiger partial charge < -0.3 is 4.74 Å². The number of hydrogen-bond acceptors (Lipinski definition) is 6. The number of aryl methyl sites for hydroxylation is 1. The highest BCUT2D eigenvalue weighted by atomic mass is 32.2. The van der Waals surface area contributed by atoms with Crippen molar-refractivity contribution in [3.05, 3.63) is 60.2 Å². The molecule has 1 aliphatic rings. The highest BCUT2D eigenvalue weighted by molar-refractivity contribution is 7.89. The molecule has 2 aromatic rings. The average Bonchev–Trinajstić information content (AvgIpc) is 3.11. The molecule has 0 aliphatic carbocycles. The van der Waals surface area contributed by atoms with Gasteiger partial charge in [-0.25, -0.2) is 13.2 Å². The number of rotatable bonds is 5. The van der Waals surface area contributed by atoms with Crippen LogP contribution >= 0.6 is 12.6 Å². The van der Waals surface area contributed by atoms with Gasteiger partial charge in [0.1, 0.15) is 11.8 Å². The largest absolute Gasteiger partial charge is 0.415 e. The van der Waals surface area contributed by atoms with E-state index in [1.54, 1.807) is 42.5 Å². The Morgan fingerprint density at radius 1 is 1.13 bits per heavy atom. The summed E-state index contributed by atoms with van der Waals surface area (Å²) in [5.41, 5.74) is 3.28. The zero-order chi connectivity index (χ0) is 21.9. The van der Waals surface area contributed by atoms with Crippen LogP contribution in [-0.2, 0) is 14.8 Å². The lowest BCUT2D eigenvalue weighted by Crippen LogP contribution is -2.52. The Morgan fingerprint density at radius 2 is 1.77 bits per heavy atom. The Kier molecular flexibility index (Phi) is 6.69. The average molecular weight is 450 g/mol. The zero-order valence-electron chi connectivity index (χ0n) is 16.6. The number of likely N-dealkylation sites (tertiary alicyclic amines) is 1. The number of sulfonamides is 1. The van der Waals surface area contributed by atoms with E-state index in [0.717, 1.165) is 9.98 Å². The topological polar surface area (TPSA) is 96.0 Å². The predicted octanol–water partition coefficient (Wildman–Crippen LogP) is 2.22. The molecule has 3 rings (SSSR count). The van der Waals surface area contributed by atoms with Crippen LogP contribution in [0.5, 0.6) is 5.75 Å². The lowest BCUT2D eigenvalue weighted by molar-refractivity contribution is -0.127. The first-order valence-corrected chi connectivity index (χ1v) is 11.2. The number of nitrogens with zero attached hydrogens (tertiary/aromatic N) is 2. The molecule has 2 amide bonds. The Morgan fingerprint density at radius 3 is 2.40 bits per heavy atom. The van der Waals surface area contributed by atoms with Crippen molar-refractivity contribution in [2.75, 3.05) is 13.6 Å². The molecule has 1 saturated heterocycles. The van der Waals surface area contributed by atoms with Gasteiger partial charge in [0.2, 0.25) is 0 Å². The Balaban J connectivity index is 1.71. The third kappa shape index (κ3) is 4.94. The number of amides is 2. The molecule has 1 aliphatic heterocycles. The number of carbonyl (C=O) groups is 2. The molecule has 1 heterocycles. The van der Waals surface area contributed by atoms with Crippen LogP contribution in [0.2, 0.25) is 0 Å². The van der Waals surface area contributed by atoms with Crippen LogP contribution in [0.1, 0.15) is 12.0 Å². The summed E-state index contributed by atoms with van der Waals surface area (Å²) in [4.78, 5) is 26.7. The minimum atomic E-state index is -3.93. The van der Waals surface area contributed by atoms with Crippen molar-refractivity contribution in [2.45, 2.75) is 29.5 Å². The molecule has 30 heavy (non-hydrogen) atoms. The van der Waals surface area contributed by atoms with Crippen LogP contribution in [0.4, 0.5) is 4.79 Å². The van der Waals surface area contributed by atoms with Crippen LogP contribution in [-0.4, -0.2) is 54.6 Å². The van der Waals surface area contributed by atoms with Gasteiger partial charge in [-0.2, -0.15) is 12.6 Å². The zero-order valence-corrected chi connectivity index (χ0v) is 18.3. The molecule has 8 nitrogen and oxygen atoms in total. The molecule has 0 spiro atoms. The van der Waals surface area contributed by atoms with Gasteiger partial charge in [-0.1, -0.05) is 35.9 Å². The Hall–Kier alpha value is -2.56.